The van der Waals surface area contributed by atoms with E-state index >= 15 is 0 Å². The minimum absolute atomic E-state index is 0.0299. The number of carbonyl (C=O) groups excluding carboxylic acids is 1. The van der Waals surface area contributed by atoms with Crippen LogP contribution in [0.3, 0.4) is 0 Å². The van der Waals surface area contributed by atoms with Crippen molar-refractivity contribution < 1.29 is 18.8 Å². The standard InChI is InChI=1S/C17H21N3O4/c1-22-11-15-18-16(19-24-15)12-6-5-9-20(10-12)17(21)13-7-3-4-8-14(13)23-2/h3-4,7-8,12H,5-6,9-11H2,1-2H3. The van der Waals surface area contributed by atoms with E-state index in [2.05, 4.69) is 10.1 Å². The summed E-state index contributed by atoms with van der Waals surface area (Å²) in [6.07, 6.45) is 1.83. The summed E-state index contributed by atoms with van der Waals surface area (Å²) in [5.74, 6) is 1.73. The number of nitrogens with zero attached hydrogens (tertiary/aromatic N) is 3. The molecule has 128 valence electrons. The van der Waals surface area contributed by atoms with E-state index in [4.69, 9.17) is 14.0 Å². The first kappa shape index (κ1) is 16.4. The Bertz CT molecular complexity index is 701. The number of aromatic nitrogens is 2. The van der Waals surface area contributed by atoms with Gasteiger partial charge in [-0.3, -0.25) is 4.79 Å². The molecule has 1 aliphatic rings. The second kappa shape index (κ2) is 7.44. The van der Waals surface area contributed by atoms with Gasteiger partial charge in [0.2, 0.25) is 0 Å². The molecule has 24 heavy (non-hydrogen) atoms. The molecule has 1 saturated heterocycles. The Balaban J connectivity index is 1.73. The van der Waals surface area contributed by atoms with Crippen LogP contribution in [-0.4, -0.2) is 48.3 Å². The van der Waals surface area contributed by atoms with E-state index in [1.807, 2.05) is 17.0 Å². The maximum Gasteiger partial charge on any atom is 0.257 e. The molecule has 2 heterocycles. The molecule has 0 N–H and O–H groups in total. The smallest absolute Gasteiger partial charge is 0.257 e. The molecule has 0 saturated carbocycles. The number of hydrogen-bond donors (Lipinski definition) is 0. The molecule has 1 atom stereocenters. The van der Waals surface area contributed by atoms with E-state index in [9.17, 15) is 4.79 Å². The summed E-state index contributed by atoms with van der Waals surface area (Å²) in [6, 6.07) is 7.28. The molecule has 0 bridgehead atoms. The molecule has 7 nitrogen and oxygen atoms in total. The molecule has 3 rings (SSSR count). The second-order valence-electron chi connectivity index (χ2n) is 5.77. The lowest BCUT2D eigenvalue weighted by molar-refractivity contribution is 0.0700. The second-order valence-corrected chi connectivity index (χ2v) is 5.77. The van der Waals surface area contributed by atoms with Gasteiger partial charge in [-0.25, -0.2) is 0 Å². The van der Waals surface area contributed by atoms with Crippen LogP contribution in [0.15, 0.2) is 28.8 Å². The number of rotatable bonds is 5. The van der Waals surface area contributed by atoms with E-state index in [0.29, 0.717) is 36.2 Å². The molecule has 0 aliphatic carbocycles. The van der Waals surface area contributed by atoms with Gasteiger partial charge in [0.15, 0.2) is 5.82 Å². The van der Waals surface area contributed by atoms with Crippen LogP contribution in [0.5, 0.6) is 5.75 Å². The predicted octanol–water partition coefficient (Wildman–Crippen LogP) is 2.24. The van der Waals surface area contributed by atoms with Crippen LogP contribution in [0.1, 0.15) is 40.8 Å². The number of benzene rings is 1. The van der Waals surface area contributed by atoms with Crippen LogP contribution in [0.4, 0.5) is 0 Å². The van der Waals surface area contributed by atoms with Gasteiger partial charge in [-0.2, -0.15) is 4.98 Å². The SMILES string of the molecule is COCc1nc(C2CCCN(C(=O)c3ccccc3OC)C2)no1. The van der Waals surface area contributed by atoms with E-state index in [1.165, 1.54) is 0 Å². The highest BCUT2D eigenvalue weighted by molar-refractivity contribution is 5.97. The summed E-state index contributed by atoms with van der Waals surface area (Å²) >= 11 is 0. The third-order valence-corrected chi connectivity index (χ3v) is 4.16. The lowest BCUT2D eigenvalue weighted by atomic mass is 9.96. The van der Waals surface area contributed by atoms with Crippen molar-refractivity contribution >= 4 is 5.91 Å². The van der Waals surface area contributed by atoms with Crippen LogP contribution in [0.25, 0.3) is 0 Å². The number of hydrogen-bond acceptors (Lipinski definition) is 6. The summed E-state index contributed by atoms with van der Waals surface area (Å²) in [5, 5.41) is 4.03. The van der Waals surface area contributed by atoms with E-state index in [0.717, 1.165) is 19.4 Å². The van der Waals surface area contributed by atoms with Crippen molar-refractivity contribution in [3.05, 3.63) is 41.5 Å². The average molecular weight is 331 g/mol. The van der Waals surface area contributed by atoms with Gasteiger partial charge in [-0.1, -0.05) is 17.3 Å². The van der Waals surface area contributed by atoms with Crippen molar-refractivity contribution in [2.24, 2.45) is 0 Å². The highest BCUT2D eigenvalue weighted by Gasteiger charge is 2.29. The summed E-state index contributed by atoms with van der Waals surface area (Å²) in [7, 11) is 3.15. The highest BCUT2D eigenvalue weighted by Crippen LogP contribution is 2.28. The van der Waals surface area contributed by atoms with Gasteiger partial charge in [0.1, 0.15) is 12.4 Å². The maximum atomic E-state index is 12.8. The largest absolute Gasteiger partial charge is 0.496 e. The van der Waals surface area contributed by atoms with Gasteiger partial charge in [0, 0.05) is 26.1 Å². The van der Waals surface area contributed by atoms with Gasteiger partial charge in [-0.05, 0) is 25.0 Å². The van der Waals surface area contributed by atoms with Crippen molar-refractivity contribution in [1.82, 2.24) is 15.0 Å². The first-order valence-electron chi connectivity index (χ1n) is 7.96. The fourth-order valence-corrected chi connectivity index (χ4v) is 2.98. The lowest BCUT2D eigenvalue weighted by Gasteiger charge is -2.31. The Morgan fingerprint density at radius 1 is 1.38 bits per heavy atom. The van der Waals surface area contributed by atoms with Gasteiger partial charge in [-0.15, -0.1) is 0 Å². The predicted molar refractivity (Wildman–Crippen MR) is 85.9 cm³/mol. The molecule has 0 radical (unpaired) electrons. The molecule has 1 amide bonds. The molecular weight excluding hydrogens is 310 g/mol. The van der Waals surface area contributed by atoms with Crippen LogP contribution in [0.2, 0.25) is 0 Å². The number of likely N-dealkylation sites (tertiary alicyclic amines) is 1. The van der Waals surface area contributed by atoms with Crippen LogP contribution >= 0.6 is 0 Å². The van der Waals surface area contributed by atoms with E-state index in [1.54, 1.807) is 26.4 Å². The fourth-order valence-electron chi connectivity index (χ4n) is 2.98. The van der Waals surface area contributed by atoms with Crippen molar-refractivity contribution in [3.63, 3.8) is 0 Å². The van der Waals surface area contributed by atoms with E-state index < -0.39 is 0 Å². The zero-order valence-electron chi connectivity index (χ0n) is 13.9. The van der Waals surface area contributed by atoms with Crippen LogP contribution < -0.4 is 4.74 Å². The Kier molecular flexibility index (Phi) is 5.10. The van der Waals surface area contributed by atoms with Gasteiger partial charge in [0.25, 0.3) is 11.8 Å². The normalized spacial score (nSPS) is 17.8. The molecule has 1 fully saturated rings. The zero-order valence-corrected chi connectivity index (χ0v) is 13.9. The maximum absolute atomic E-state index is 12.8. The van der Waals surface area contributed by atoms with Crippen molar-refractivity contribution in [1.29, 1.82) is 0 Å². The number of para-hydroxylation sites is 1. The monoisotopic (exact) mass is 331 g/mol. The van der Waals surface area contributed by atoms with Crippen LogP contribution in [0, 0.1) is 0 Å². The summed E-state index contributed by atoms with van der Waals surface area (Å²) in [5.41, 5.74) is 0.578. The Hall–Kier alpha value is -2.41. The first-order chi connectivity index (χ1) is 11.7. The molecule has 1 aliphatic heterocycles. The number of amides is 1. The van der Waals surface area contributed by atoms with Crippen molar-refractivity contribution in [2.45, 2.75) is 25.4 Å². The molecule has 7 heteroatoms. The first-order valence-corrected chi connectivity index (χ1v) is 7.96. The number of carbonyl (C=O) groups is 1. The third kappa shape index (κ3) is 3.41. The number of methoxy groups -OCH3 is 2. The highest BCUT2D eigenvalue weighted by atomic mass is 16.5. The average Bonchev–Trinajstić information content (AvgIpc) is 3.10. The summed E-state index contributed by atoms with van der Waals surface area (Å²) in [4.78, 5) is 19.0. The lowest BCUT2D eigenvalue weighted by Crippen LogP contribution is -2.39. The van der Waals surface area contributed by atoms with Crippen molar-refractivity contribution in [3.8, 4) is 5.75 Å². The Morgan fingerprint density at radius 2 is 2.21 bits per heavy atom. The van der Waals surface area contributed by atoms with Gasteiger partial charge >= 0.3 is 0 Å². The summed E-state index contributed by atoms with van der Waals surface area (Å²) in [6.45, 7) is 1.59. The fraction of sp³-hybridized carbons (Fsp3) is 0.471. The molecule has 1 aromatic heterocycles. The molecular formula is C17H21N3O4. The molecule has 1 aromatic carbocycles. The van der Waals surface area contributed by atoms with E-state index in [-0.39, 0.29) is 11.8 Å². The topological polar surface area (TPSA) is 77.7 Å². The van der Waals surface area contributed by atoms with Crippen LogP contribution in [-0.2, 0) is 11.3 Å². The third-order valence-electron chi connectivity index (χ3n) is 4.16. The molecule has 2 aromatic rings. The van der Waals surface area contributed by atoms with Crippen molar-refractivity contribution in [2.75, 3.05) is 27.3 Å². The zero-order chi connectivity index (χ0) is 16.9. The van der Waals surface area contributed by atoms with Gasteiger partial charge < -0.3 is 18.9 Å². The quantitative estimate of drug-likeness (QED) is 0.836. The molecule has 0 spiro atoms. The number of piperidine rings is 1. The Morgan fingerprint density at radius 3 is 3.00 bits per heavy atom. The van der Waals surface area contributed by atoms with Gasteiger partial charge in [0.05, 0.1) is 12.7 Å². The Labute approximate surface area is 140 Å². The minimum atomic E-state index is -0.0299. The minimum Gasteiger partial charge on any atom is -0.496 e. The number of ether oxygens (including phenoxy) is 2. The summed E-state index contributed by atoms with van der Waals surface area (Å²) < 4.78 is 15.5. The molecule has 1 unspecified atom stereocenters.